The molecule has 0 fully saturated rings. The fourth-order valence-electron chi connectivity index (χ4n) is 2.32. The Morgan fingerprint density at radius 3 is 2.60 bits per heavy atom. The smallest absolute Gasteiger partial charge is 0.303 e. The number of carboxylic acids is 1. The van der Waals surface area contributed by atoms with E-state index in [1.165, 1.54) is 5.56 Å². The second-order valence-corrected chi connectivity index (χ2v) is 4.79. The maximum Gasteiger partial charge on any atom is 0.303 e. The Morgan fingerprint density at radius 1 is 1.05 bits per heavy atom. The van der Waals surface area contributed by atoms with E-state index in [1.807, 2.05) is 30.3 Å². The first kappa shape index (κ1) is 14.3. The fraction of sp³-hybridized carbons (Fsp3) is 0.235. The SMILES string of the molecule is NCCc1cccc(-c2ccccc2CCC(=O)O)c1. The van der Waals surface area contributed by atoms with Crippen molar-refractivity contribution in [2.75, 3.05) is 6.54 Å². The number of rotatable bonds is 6. The van der Waals surface area contributed by atoms with Crippen LogP contribution in [-0.4, -0.2) is 17.6 Å². The molecule has 0 heterocycles. The maximum absolute atomic E-state index is 10.7. The lowest BCUT2D eigenvalue weighted by atomic mass is 9.95. The molecular formula is C17H19NO2. The topological polar surface area (TPSA) is 63.3 Å². The number of carbonyl (C=O) groups is 1. The molecule has 0 spiro atoms. The second kappa shape index (κ2) is 6.87. The van der Waals surface area contributed by atoms with Crippen molar-refractivity contribution >= 4 is 5.97 Å². The first-order chi connectivity index (χ1) is 9.70. The molecule has 3 nitrogen and oxygen atoms in total. The van der Waals surface area contributed by atoms with Gasteiger partial charge >= 0.3 is 5.97 Å². The number of nitrogens with two attached hydrogens (primary N) is 1. The van der Waals surface area contributed by atoms with E-state index in [9.17, 15) is 4.79 Å². The molecule has 0 amide bonds. The summed E-state index contributed by atoms with van der Waals surface area (Å²) in [4.78, 5) is 10.7. The summed E-state index contributed by atoms with van der Waals surface area (Å²) in [7, 11) is 0. The molecular weight excluding hydrogens is 250 g/mol. The van der Waals surface area contributed by atoms with Crippen LogP contribution < -0.4 is 5.73 Å². The Kier molecular flexibility index (Phi) is 4.91. The molecule has 2 aromatic rings. The lowest BCUT2D eigenvalue weighted by Gasteiger charge is -2.10. The molecule has 20 heavy (non-hydrogen) atoms. The van der Waals surface area contributed by atoms with E-state index in [2.05, 4.69) is 18.2 Å². The van der Waals surface area contributed by atoms with Gasteiger partial charge in [0.2, 0.25) is 0 Å². The minimum absolute atomic E-state index is 0.152. The molecule has 0 unspecified atom stereocenters. The number of aryl methyl sites for hydroxylation is 1. The number of benzene rings is 2. The first-order valence-corrected chi connectivity index (χ1v) is 6.80. The highest BCUT2D eigenvalue weighted by atomic mass is 16.4. The molecule has 0 aliphatic heterocycles. The van der Waals surface area contributed by atoms with Gasteiger partial charge in [0, 0.05) is 6.42 Å². The van der Waals surface area contributed by atoms with Gasteiger partial charge in [-0.1, -0.05) is 48.5 Å². The first-order valence-electron chi connectivity index (χ1n) is 6.80. The molecule has 0 aliphatic carbocycles. The third-order valence-corrected chi connectivity index (χ3v) is 3.30. The van der Waals surface area contributed by atoms with Crippen molar-refractivity contribution in [1.82, 2.24) is 0 Å². The average Bonchev–Trinajstić information content (AvgIpc) is 2.46. The van der Waals surface area contributed by atoms with Gasteiger partial charge in [0.1, 0.15) is 0 Å². The van der Waals surface area contributed by atoms with Gasteiger partial charge in [0.05, 0.1) is 0 Å². The number of hydrogen-bond acceptors (Lipinski definition) is 2. The van der Waals surface area contributed by atoms with Crippen LogP contribution in [0.2, 0.25) is 0 Å². The van der Waals surface area contributed by atoms with Crippen molar-refractivity contribution in [3.05, 3.63) is 59.7 Å². The van der Waals surface area contributed by atoms with Crippen molar-refractivity contribution in [3.8, 4) is 11.1 Å². The molecule has 3 heteroatoms. The standard InChI is InChI=1S/C17H19NO2/c18-11-10-13-4-3-6-15(12-13)16-7-2-1-5-14(16)8-9-17(19)20/h1-7,12H,8-11,18H2,(H,19,20). The molecule has 3 N–H and O–H groups in total. The molecule has 2 aromatic carbocycles. The summed E-state index contributed by atoms with van der Waals surface area (Å²) in [5.41, 5.74) is 10.1. The van der Waals surface area contributed by atoms with Crippen LogP contribution in [0.25, 0.3) is 11.1 Å². The van der Waals surface area contributed by atoms with E-state index in [1.54, 1.807) is 0 Å². The third-order valence-electron chi connectivity index (χ3n) is 3.30. The predicted molar refractivity (Wildman–Crippen MR) is 80.6 cm³/mol. The van der Waals surface area contributed by atoms with Crippen LogP contribution in [0.5, 0.6) is 0 Å². The largest absolute Gasteiger partial charge is 0.481 e. The Labute approximate surface area is 119 Å². The average molecular weight is 269 g/mol. The summed E-state index contributed by atoms with van der Waals surface area (Å²) < 4.78 is 0. The quantitative estimate of drug-likeness (QED) is 0.847. The van der Waals surface area contributed by atoms with Crippen LogP contribution in [0.4, 0.5) is 0 Å². The van der Waals surface area contributed by atoms with E-state index < -0.39 is 5.97 Å². The Bertz CT molecular complexity index is 593. The molecule has 0 radical (unpaired) electrons. The van der Waals surface area contributed by atoms with Crippen molar-refractivity contribution in [2.24, 2.45) is 5.73 Å². The molecule has 0 atom stereocenters. The van der Waals surface area contributed by atoms with Gasteiger partial charge in [-0.05, 0) is 41.6 Å². The number of hydrogen-bond donors (Lipinski definition) is 2. The minimum atomic E-state index is -0.767. The van der Waals surface area contributed by atoms with Crippen molar-refractivity contribution < 1.29 is 9.90 Å². The maximum atomic E-state index is 10.7. The van der Waals surface area contributed by atoms with Crippen LogP contribution in [0, 0.1) is 0 Å². The number of aliphatic carboxylic acids is 1. The summed E-state index contributed by atoms with van der Waals surface area (Å²) in [5.74, 6) is -0.767. The van der Waals surface area contributed by atoms with Gasteiger partial charge in [-0.3, -0.25) is 4.79 Å². The van der Waals surface area contributed by atoms with Gasteiger partial charge in [-0.15, -0.1) is 0 Å². The fourth-order valence-corrected chi connectivity index (χ4v) is 2.32. The molecule has 2 rings (SSSR count). The molecule has 0 aromatic heterocycles. The van der Waals surface area contributed by atoms with E-state index in [0.717, 1.165) is 23.1 Å². The molecule has 0 saturated carbocycles. The zero-order valence-electron chi connectivity index (χ0n) is 11.4. The highest BCUT2D eigenvalue weighted by molar-refractivity contribution is 5.71. The Hall–Kier alpha value is -2.13. The van der Waals surface area contributed by atoms with E-state index in [-0.39, 0.29) is 6.42 Å². The summed E-state index contributed by atoms with van der Waals surface area (Å²) >= 11 is 0. The summed E-state index contributed by atoms with van der Waals surface area (Å²) in [5, 5.41) is 8.84. The summed E-state index contributed by atoms with van der Waals surface area (Å²) in [6, 6.07) is 16.2. The minimum Gasteiger partial charge on any atom is -0.481 e. The van der Waals surface area contributed by atoms with Crippen LogP contribution in [0.1, 0.15) is 17.5 Å². The highest BCUT2D eigenvalue weighted by Gasteiger charge is 2.07. The van der Waals surface area contributed by atoms with Crippen molar-refractivity contribution in [2.45, 2.75) is 19.3 Å². The van der Waals surface area contributed by atoms with Gasteiger partial charge in [-0.2, -0.15) is 0 Å². The second-order valence-electron chi connectivity index (χ2n) is 4.79. The predicted octanol–water partition coefficient (Wildman–Crippen LogP) is 2.87. The van der Waals surface area contributed by atoms with Crippen LogP contribution in [-0.2, 0) is 17.6 Å². The van der Waals surface area contributed by atoms with E-state index in [0.29, 0.717) is 13.0 Å². The monoisotopic (exact) mass is 269 g/mol. The van der Waals surface area contributed by atoms with E-state index >= 15 is 0 Å². The van der Waals surface area contributed by atoms with Crippen LogP contribution >= 0.6 is 0 Å². The normalized spacial score (nSPS) is 10.4. The zero-order valence-corrected chi connectivity index (χ0v) is 11.4. The van der Waals surface area contributed by atoms with Crippen LogP contribution in [0.3, 0.4) is 0 Å². The van der Waals surface area contributed by atoms with Crippen LogP contribution in [0.15, 0.2) is 48.5 Å². The Balaban J connectivity index is 2.31. The lowest BCUT2D eigenvalue weighted by Crippen LogP contribution is -2.02. The van der Waals surface area contributed by atoms with Gasteiger partial charge in [0.25, 0.3) is 0 Å². The zero-order chi connectivity index (χ0) is 14.4. The third kappa shape index (κ3) is 3.68. The summed E-state index contributed by atoms with van der Waals surface area (Å²) in [6.07, 6.45) is 1.55. The van der Waals surface area contributed by atoms with Crippen molar-refractivity contribution in [1.29, 1.82) is 0 Å². The molecule has 0 aliphatic rings. The van der Waals surface area contributed by atoms with E-state index in [4.69, 9.17) is 10.8 Å². The molecule has 0 saturated heterocycles. The van der Waals surface area contributed by atoms with Gasteiger partial charge < -0.3 is 10.8 Å². The summed E-state index contributed by atoms with van der Waals surface area (Å²) in [6.45, 7) is 0.629. The van der Waals surface area contributed by atoms with Gasteiger partial charge in [-0.25, -0.2) is 0 Å². The lowest BCUT2D eigenvalue weighted by molar-refractivity contribution is -0.136. The molecule has 104 valence electrons. The van der Waals surface area contributed by atoms with Gasteiger partial charge in [0.15, 0.2) is 0 Å². The number of carboxylic acid groups (broad SMARTS) is 1. The van der Waals surface area contributed by atoms with Crippen molar-refractivity contribution in [3.63, 3.8) is 0 Å². The Morgan fingerprint density at radius 2 is 1.85 bits per heavy atom. The highest BCUT2D eigenvalue weighted by Crippen LogP contribution is 2.25. The molecule has 0 bridgehead atoms.